The summed E-state index contributed by atoms with van der Waals surface area (Å²) in [6.07, 6.45) is 1.11. The quantitative estimate of drug-likeness (QED) is 0.796. The van der Waals surface area contributed by atoms with Crippen LogP contribution in [0.15, 0.2) is 47.8 Å². The molecule has 2 atom stereocenters. The van der Waals surface area contributed by atoms with Crippen molar-refractivity contribution in [1.29, 1.82) is 0 Å². The molecule has 2 rings (SSSR count). The lowest BCUT2D eigenvalue weighted by Gasteiger charge is -2.31. The summed E-state index contributed by atoms with van der Waals surface area (Å²) in [5, 5.41) is 2.15. The van der Waals surface area contributed by atoms with Crippen molar-refractivity contribution in [2.24, 2.45) is 5.73 Å². The molecule has 21 heavy (non-hydrogen) atoms. The smallest absolute Gasteiger partial charge is 0.0331 e. The SMILES string of the molecule is CCN(Cc1cccs1)C(CN)CC(C)c1ccccc1. The Hall–Kier alpha value is -1.16. The fourth-order valence-electron chi connectivity index (χ4n) is 2.82. The Bertz CT molecular complexity index is 495. The van der Waals surface area contributed by atoms with Crippen molar-refractivity contribution in [3.63, 3.8) is 0 Å². The van der Waals surface area contributed by atoms with E-state index in [4.69, 9.17) is 5.73 Å². The summed E-state index contributed by atoms with van der Waals surface area (Å²) in [7, 11) is 0. The molecule has 0 aliphatic heterocycles. The van der Waals surface area contributed by atoms with E-state index in [1.807, 2.05) is 11.3 Å². The highest BCUT2D eigenvalue weighted by atomic mass is 32.1. The number of hydrogen-bond acceptors (Lipinski definition) is 3. The second-order valence-corrected chi connectivity index (χ2v) is 6.61. The van der Waals surface area contributed by atoms with Gasteiger partial charge in [-0.1, -0.05) is 50.2 Å². The van der Waals surface area contributed by atoms with Gasteiger partial charge in [0.2, 0.25) is 0 Å². The van der Waals surface area contributed by atoms with Crippen LogP contribution in [0.25, 0.3) is 0 Å². The van der Waals surface area contributed by atoms with Gasteiger partial charge < -0.3 is 5.73 Å². The van der Waals surface area contributed by atoms with Gasteiger partial charge in [0.1, 0.15) is 0 Å². The molecule has 0 aliphatic rings. The van der Waals surface area contributed by atoms with E-state index in [2.05, 4.69) is 66.6 Å². The van der Waals surface area contributed by atoms with Gasteiger partial charge in [-0.3, -0.25) is 4.90 Å². The Morgan fingerprint density at radius 1 is 1.14 bits per heavy atom. The topological polar surface area (TPSA) is 29.3 Å². The van der Waals surface area contributed by atoms with E-state index in [9.17, 15) is 0 Å². The molecule has 2 unspecified atom stereocenters. The summed E-state index contributed by atoms with van der Waals surface area (Å²) in [4.78, 5) is 3.92. The van der Waals surface area contributed by atoms with Crippen LogP contribution in [0.2, 0.25) is 0 Å². The lowest BCUT2D eigenvalue weighted by Crippen LogP contribution is -2.40. The molecule has 0 saturated heterocycles. The number of likely N-dealkylation sites (N-methyl/N-ethyl adjacent to an activating group) is 1. The van der Waals surface area contributed by atoms with Crippen molar-refractivity contribution in [3.8, 4) is 0 Å². The zero-order valence-electron chi connectivity index (χ0n) is 13.0. The molecule has 1 heterocycles. The lowest BCUT2D eigenvalue weighted by molar-refractivity contribution is 0.187. The molecule has 2 N–H and O–H groups in total. The van der Waals surface area contributed by atoms with Crippen LogP contribution in [0.3, 0.4) is 0 Å². The molecule has 0 amide bonds. The molecular formula is C18H26N2S. The average Bonchev–Trinajstić information content (AvgIpc) is 3.04. The van der Waals surface area contributed by atoms with Crippen LogP contribution in [-0.2, 0) is 6.54 Å². The Morgan fingerprint density at radius 3 is 2.48 bits per heavy atom. The van der Waals surface area contributed by atoms with Gasteiger partial charge in [-0.2, -0.15) is 0 Å². The summed E-state index contributed by atoms with van der Waals surface area (Å²) < 4.78 is 0. The first-order chi connectivity index (χ1) is 10.2. The number of benzene rings is 1. The number of nitrogens with two attached hydrogens (primary N) is 1. The predicted octanol–water partition coefficient (Wildman–Crippen LogP) is 4.09. The molecular weight excluding hydrogens is 276 g/mol. The number of nitrogens with zero attached hydrogens (tertiary/aromatic N) is 1. The third kappa shape index (κ3) is 4.67. The van der Waals surface area contributed by atoms with Gasteiger partial charge in [0, 0.05) is 24.0 Å². The molecule has 0 bridgehead atoms. The Balaban J connectivity index is 2.00. The summed E-state index contributed by atoms with van der Waals surface area (Å²) in [6.45, 7) is 7.30. The first-order valence-corrected chi connectivity index (χ1v) is 8.64. The van der Waals surface area contributed by atoms with E-state index in [-0.39, 0.29) is 0 Å². The van der Waals surface area contributed by atoms with E-state index in [0.29, 0.717) is 12.0 Å². The monoisotopic (exact) mass is 302 g/mol. The molecule has 114 valence electrons. The third-order valence-electron chi connectivity index (χ3n) is 4.13. The summed E-state index contributed by atoms with van der Waals surface area (Å²) in [5.74, 6) is 0.539. The summed E-state index contributed by atoms with van der Waals surface area (Å²) in [5.41, 5.74) is 7.47. The maximum Gasteiger partial charge on any atom is 0.0331 e. The second-order valence-electron chi connectivity index (χ2n) is 5.58. The minimum absolute atomic E-state index is 0.437. The fraction of sp³-hybridized carbons (Fsp3) is 0.444. The fourth-order valence-corrected chi connectivity index (χ4v) is 3.55. The van der Waals surface area contributed by atoms with Crippen LogP contribution in [0.4, 0.5) is 0 Å². The zero-order valence-corrected chi connectivity index (χ0v) is 13.9. The maximum atomic E-state index is 6.07. The molecule has 1 aromatic heterocycles. The highest BCUT2D eigenvalue weighted by molar-refractivity contribution is 7.09. The molecule has 0 aliphatic carbocycles. The van der Waals surface area contributed by atoms with Crippen molar-refractivity contribution in [1.82, 2.24) is 4.90 Å². The van der Waals surface area contributed by atoms with E-state index in [1.54, 1.807) is 0 Å². The largest absolute Gasteiger partial charge is 0.329 e. The van der Waals surface area contributed by atoms with Crippen molar-refractivity contribution in [2.45, 2.75) is 38.8 Å². The van der Waals surface area contributed by atoms with E-state index >= 15 is 0 Å². The second kappa shape index (κ2) is 8.32. The van der Waals surface area contributed by atoms with Crippen molar-refractivity contribution in [2.75, 3.05) is 13.1 Å². The molecule has 0 saturated carbocycles. The average molecular weight is 302 g/mol. The Morgan fingerprint density at radius 2 is 1.90 bits per heavy atom. The molecule has 0 fully saturated rings. The standard InChI is InChI=1S/C18H26N2S/c1-3-20(14-18-10-7-11-21-18)17(13-19)12-15(2)16-8-5-4-6-9-16/h4-11,15,17H,3,12-14,19H2,1-2H3. The molecule has 2 nitrogen and oxygen atoms in total. The van der Waals surface area contributed by atoms with E-state index < -0.39 is 0 Å². The molecule has 3 heteroatoms. The number of rotatable bonds is 8. The first kappa shape index (κ1) is 16.2. The maximum absolute atomic E-state index is 6.07. The van der Waals surface area contributed by atoms with Gasteiger partial charge in [0.05, 0.1) is 0 Å². The van der Waals surface area contributed by atoms with Gasteiger partial charge in [-0.05, 0) is 35.9 Å². The third-order valence-corrected chi connectivity index (χ3v) is 4.99. The van der Waals surface area contributed by atoms with Crippen LogP contribution in [-0.4, -0.2) is 24.0 Å². The molecule has 2 aromatic rings. The molecule has 0 radical (unpaired) electrons. The van der Waals surface area contributed by atoms with Crippen LogP contribution >= 0.6 is 11.3 Å². The van der Waals surface area contributed by atoms with Gasteiger partial charge in [-0.25, -0.2) is 0 Å². The highest BCUT2D eigenvalue weighted by Crippen LogP contribution is 2.23. The van der Waals surface area contributed by atoms with Gasteiger partial charge in [0.15, 0.2) is 0 Å². The number of hydrogen-bond donors (Lipinski definition) is 1. The van der Waals surface area contributed by atoms with Crippen LogP contribution < -0.4 is 5.73 Å². The van der Waals surface area contributed by atoms with Gasteiger partial charge >= 0.3 is 0 Å². The van der Waals surface area contributed by atoms with Crippen molar-refractivity contribution >= 4 is 11.3 Å². The summed E-state index contributed by atoms with van der Waals surface area (Å²) in [6, 6.07) is 15.5. The number of thiophene rings is 1. The minimum Gasteiger partial charge on any atom is -0.329 e. The zero-order chi connectivity index (χ0) is 15.1. The van der Waals surface area contributed by atoms with Gasteiger partial charge in [0.25, 0.3) is 0 Å². The highest BCUT2D eigenvalue weighted by Gasteiger charge is 2.19. The lowest BCUT2D eigenvalue weighted by atomic mass is 9.93. The first-order valence-electron chi connectivity index (χ1n) is 7.76. The van der Waals surface area contributed by atoms with E-state index in [0.717, 1.165) is 26.1 Å². The van der Waals surface area contributed by atoms with Gasteiger partial charge in [-0.15, -0.1) is 11.3 Å². The van der Waals surface area contributed by atoms with Crippen LogP contribution in [0.1, 0.15) is 36.6 Å². The van der Waals surface area contributed by atoms with Crippen molar-refractivity contribution < 1.29 is 0 Å². The predicted molar refractivity (Wildman–Crippen MR) is 92.7 cm³/mol. The van der Waals surface area contributed by atoms with Crippen molar-refractivity contribution in [3.05, 3.63) is 58.3 Å². The Labute approximate surface area is 132 Å². The Kier molecular flexibility index (Phi) is 6.43. The summed E-state index contributed by atoms with van der Waals surface area (Å²) >= 11 is 1.83. The molecule has 1 aromatic carbocycles. The minimum atomic E-state index is 0.437. The van der Waals surface area contributed by atoms with E-state index in [1.165, 1.54) is 10.4 Å². The van der Waals surface area contributed by atoms with Crippen LogP contribution in [0.5, 0.6) is 0 Å². The molecule has 0 spiro atoms. The van der Waals surface area contributed by atoms with Crippen LogP contribution in [0, 0.1) is 0 Å². The normalized spacial score (nSPS) is 14.3.